The van der Waals surface area contributed by atoms with Crippen molar-refractivity contribution in [1.29, 1.82) is 0 Å². The highest BCUT2D eigenvalue weighted by molar-refractivity contribution is 8.14. The predicted octanol–water partition coefficient (Wildman–Crippen LogP) is 1.74. The first-order chi connectivity index (χ1) is 5.09. The topological polar surface area (TPSA) is 34.1 Å². The number of rotatable bonds is 1. The smallest absolute Gasteiger partial charge is 0.212 e. The number of halogens is 1. The third-order valence-corrected chi connectivity index (χ3v) is 5.13. The molecule has 2 saturated carbocycles. The number of fused-ring (bicyclic) bond motifs is 1. The van der Waals surface area contributed by atoms with Gasteiger partial charge in [0.1, 0.15) is 0 Å². The summed E-state index contributed by atoms with van der Waals surface area (Å²) in [4.78, 5) is 0. The van der Waals surface area contributed by atoms with Crippen LogP contribution in [0, 0.1) is 11.8 Å². The van der Waals surface area contributed by atoms with Gasteiger partial charge < -0.3 is 0 Å². The van der Waals surface area contributed by atoms with E-state index < -0.39 is 9.05 Å². The van der Waals surface area contributed by atoms with E-state index >= 15 is 0 Å². The van der Waals surface area contributed by atoms with Gasteiger partial charge >= 0.3 is 0 Å². The van der Waals surface area contributed by atoms with Crippen molar-refractivity contribution < 1.29 is 8.42 Å². The lowest BCUT2D eigenvalue weighted by Gasteiger charge is -2.32. The van der Waals surface area contributed by atoms with Crippen molar-refractivity contribution in [3.05, 3.63) is 0 Å². The van der Waals surface area contributed by atoms with Gasteiger partial charge in [0.05, 0.1) is 5.25 Å². The molecule has 0 spiro atoms. The van der Waals surface area contributed by atoms with E-state index in [2.05, 4.69) is 0 Å². The Labute approximate surface area is 71.3 Å². The van der Waals surface area contributed by atoms with Crippen molar-refractivity contribution in [2.75, 3.05) is 0 Å². The zero-order valence-electron chi connectivity index (χ0n) is 6.16. The molecule has 0 aliphatic heterocycles. The van der Waals surface area contributed by atoms with Crippen molar-refractivity contribution in [3.8, 4) is 0 Å². The van der Waals surface area contributed by atoms with E-state index in [4.69, 9.17) is 10.7 Å². The van der Waals surface area contributed by atoms with E-state index in [-0.39, 0.29) is 5.25 Å². The molecule has 0 N–H and O–H groups in total. The summed E-state index contributed by atoms with van der Waals surface area (Å²) in [6, 6.07) is 0. The van der Waals surface area contributed by atoms with Gasteiger partial charge in [-0.1, -0.05) is 0 Å². The van der Waals surface area contributed by atoms with Gasteiger partial charge in [0.15, 0.2) is 0 Å². The van der Waals surface area contributed by atoms with Crippen molar-refractivity contribution in [1.82, 2.24) is 0 Å². The second kappa shape index (κ2) is 2.36. The molecule has 3 unspecified atom stereocenters. The van der Waals surface area contributed by atoms with Crippen molar-refractivity contribution >= 4 is 19.7 Å². The molecule has 0 saturated heterocycles. The lowest BCUT2D eigenvalue weighted by atomic mass is 9.76. The number of hydrogen-bond acceptors (Lipinski definition) is 2. The van der Waals surface area contributed by atoms with Crippen LogP contribution in [0.25, 0.3) is 0 Å². The second-order valence-electron chi connectivity index (χ2n) is 3.59. The van der Waals surface area contributed by atoms with Crippen LogP contribution in [-0.2, 0) is 9.05 Å². The summed E-state index contributed by atoms with van der Waals surface area (Å²) in [5.74, 6) is 1.08. The predicted molar refractivity (Wildman–Crippen MR) is 44.0 cm³/mol. The summed E-state index contributed by atoms with van der Waals surface area (Å²) in [6.45, 7) is 0. The van der Waals surface area contributed by atoms with Crippen LogP contribution in [0.1, 0.15) is 25.7 Å². The highest BCUT2D eigenvalue weighted by Gasteiger charge is 2.47. The lowest BCUT2D eigenvalue weighted by Crippen LogP contribution is -2.31. The highest BCUT2D eigenvalue weighted by Crippen LogP contribution is 2.49. The summed E-state index contributed by atoms with van der Waals surface area (Å²) in [5.41, 5.74) is 0. The normalized spacial score (nSPS) is 43.2. The molecule has 0 heterocycles. The maximum absolute atomic E-state index is 11.0. The molecular weight excluding hydrogens is 184 g/mol. The first-order valence-electron chi connectivity index (χ1n) is 4.02. The summed E-state index contributed by atoms with van der Waals surface area (Å²) >= 11 is 0. The lowest BCUT2D eigenvalue weighted by molar-refractivity contribution is 0.221. The van der Waals surface area contributed by atoms with Gasteiger partial charge in [0.2, 0.25) is 9.05 Å². The van der Waals surface area contributed by atoms with Crippen LogP contribution in [0.15, 0.2) is 0 Å². The first kappa shape index (κ1) is 7.87. The van der Waals surface area contributed by atoms with Crippen LogP contribution in [0.2, 0.25) is 0 Å². The molecule has 0 bridgehead atoms. The van der Waals surface area contributed by atoms with E-state index in [9.17, 15) is 8.42 Å². The van der Waals surface area contributed by atoms with E-state index in [1.807, 2.05) is 0 Å². The Morgan fingerprint density at radius 3 is 2.00 bits per heavy atom. The summed E-state index contributed by atoms with van der Waals surface area (Å²) in [5, 5.41) is -0.220. The molecule has 0 aromatic heterocycles. The van der Waals surface area contributed by atoms with Gasteiger partial charge in [-0.15, -0.1) is 0 Å². The monoisotopic (exact) mass is 194 g/mol. The maximum Gasteiger partial charge on any atom is 0.235 e. The van der Waals surface area contributed by atoms with Gasteiger partial charge in [-0.2, -0.15) is 0 Å². The quantitative estimate of drug-likeness (QED) is 0.596. The van der Waals surface area contributed by atoms with Gasteiger partial charge in [0.25, 0.3) is 0 Å². The standard InChI is InChI=1S/C7H11ClO2S/c8-11(9,10)7-4-2-5-1-3-6(5)7/h5-7H,1-4H2. The molecule has 2 nitrogen and oxygen atoms in total. The maximum atomic E-state index is 11.0. The van der Waals surface area contributed by atoms with Gasteiger partial charge in [-0.25, -0.2) is 8.42 Å². The van der Waals surface area contributed by atoms with Crippen molar-refractivity contribution in [2.45, 2.75) is 30.9 Å². The minimum Gasteiger partial charge on any atom is -0.212 e. The Morgan fingerprint density at radius 1 is 1.09 bits per heavy atom. The average molecular weight is 195 g/mol. The van der Waals surface area contributed by atoms with E-state index in [0.717, 1.165) is 19.3 Å². The molecule has 2 aliphatic rings. The van der Waals surface area contributed by atoms with Crippen LogP contribution >= 0.6 is 10.7 Å². The van der Waals surface area contributed by atoms with Crippen LogP contribution in [-0.4, -0.2) is 13.7 Å². The van der Waals surface area contributed by atoms with E-state index in [1.165, 1.54) is 6.42 Å². The fraction of sp³-hybridized carbons (Fsp3) is 1.00. The first-order valence-corrected chi connectivity index (χ1v) is 6.40. The SMILES string of the molecule is O=S(=O)(Cl)C1CCC2CCC21. The fourth-order valence-corrected chi connectivity index (χ4v) is 4.24. The van der Waals surface area contributed by atoms with Gasteiger partial charge in [-0.3, -0.25) is 0 Å². The minimum absolute atomic E-state index is 0.220. The molecular formula is C7H11ClO2S. The molecule has 2 aliphatic carbocycles. The zero-order valence-corrected chi connectivity index (χ0v) is 7.74. The molecule has 11 heavy (non-hydrogen) atoms. The van der Waals surface area contributed by atoms with E-state index in [0.29, 0.717) is 11.8 Å². The zero-order chi connectivity index (χ0) is 8.06. The molecule has 0 radical (unpaired) electrons. The Hall–Kier alpha value is 0.240. The molecule has 0 amide bonds. The summed E-state index contributed by atoms with van der Waals surface area (Å²) < 4.78 is 22.0. The van der Waals surface area contributed by atoms with Crippen LogP contribution in [0.4, 0.5) is 0 Å². The van der Waals surface area contributed by atoms with Gasteiger partial charge in [0, 0.05) is 10.7 Å². The van der Waals surface area contributed by atoms with Crippen molar-refractivity contribution in [2.24, 2.45) is 11.8 Å². The molecule has 4 heteroatoms. The molecule has 0 aromatic rings. The molecule has 2 rings (SSSR count). The Kier molecular flexibility index (Phi) is 1.69. The highest BCUT2D eigenvalue weighted by atomic mass is 35.7. The molecule has 0 aromatic carbocycles. The third kappa shape index (κ3) is 1.18. The second-order valence-corrected chi connectivity index (χ2v) is 6.44. The largest absolute Gasteiger partial charge is 0.235 e. The van der Waals surface area contributed by atoms with Gasteiger partial charge in [-0.05, 0) is 37.5 Å². The fourth-order valence-electron chi connectivity index (χ4n) is 2.38. The Morgan fingerprint density at radius 2 is 1.73 bits per heavy atom. The Bertz CT molecular complexity index is 260. The molecule has 3 atom stereocenters. The third-order valence-electron chi connectivity index (χ3n) is 3.14. The molecule has 2 fully saturated rings. The van der Waals surface area contributed by atoms with Crippen LogP contribution in [0.3, 0.4) is 0 Å². The minimum atomic E-state index is -3.26. The van der Waals surface area contributed by atoms with Crippen LogP contribution in [0.5, 0.6) is 0 Å². The Balaban J connectivity index is 2.18. The molecule has 64 valence electrons. The summed E-state index contributed by atoms with van der Waals surface area (Å²) in [7, 11) is 2.04. The van der Waals surface area contributed by atoms with Crippen molar-refractivity contribution in [3.63, 3.8) is 0 Å². The average Bonchev–Trinajstić information content (AvgIpc) is 2.05. The number of hydrogen-bond donors (Lipinski definition) is 0. The van der Waals surface area contributed by atoms with E-state index in [1.54, 1.807) is 0 Å². The van der Waals surface area contributed by atoms with Crippen LogP contribution < -0.4 is 0 Å². The summed E-state index contributed by atoms with van der Waals surface area (Å²) in [6.07, 6.45) is 4.15.